The summed E-state index contributed by atoms with van der Waals surface area (Å²) in [6.07, 6.45) is 4.30. The number of halogens is 2. The van der Waals surface area contributed by atoms with E-state index in [1.165, 1.54) is 32.1 Å². The van der Waals surface area contributed by atoms with Crippen LogP contribution in [0.4, 0.5) is 4.39 Å². The highest BCUT2D eigenvalue weighted by atomic mass is 35.5. The van der Waals surface area contributed by atoms with Crippen molar-refractivity contribution >= 4 is 18.3 Å². The van der Waals surface area contributed by atoms with Crippen molar-refractivity contribution in [3.8, 4) is 5.75 Å². The van der Waals surface area contributed by atoms with Crippen LogP contribution in [-0.2, 0) is 0 Å². The molecule has 4 nitrogen and oxygen atoms in total. The Morgan fingerprint density at radius 2 is 2.00 bits per heavy atom. The molecule has 2 aliphatic heterocycles. The molecule has 1 amide bonds. The second kappa shape index (κ2) is 6.62. The molecule has 6 heteroatoms. The highest BCUT2D eigenvalue weighted by Crippen LogP contribution is 2.27. The second-order valence-electron chi connectivity index (χ2n) is 5.63. The third-order valence-electron chi connectivity index (χ3n) is 4.22. The maximum atomic E-state index is 13.6. The van der Waals surface area contributed by atoms with Crippen molar-refractivity contribution in [3.63, 3.8) is 0 Å². The van der Waals surface area contributed by atoms with Gasteiger partial charge in [-0.05, 0) is 43.9 Å². The van der Waals surface area contributed by atoms with Gasteiger partial charge in [0.1, 0.15) is 0 Å². The molecule has 1 aromatic rings. The SMILES string of the molecule is COc1ccc(C(=O)NC2CC3CCC(C2)N3)cc1F.Cl. The van der Waals surface area contributed by atoms with E-state index in [1.807, 2.05) is 0 Å². The molecule has 2 unspecified atom stereocenters. The molecule has 0 saturated carbocycles. The highest BCUT2D eigenvalue weighted by Gasteiger charge is 2.34. The fourth-order valence-corrected chi connectivity index (χ4v) is 3.25. The first-order chi connectivity index (χ1) is 9.65. The van der Waals surface area contributed by atoms with E-state index in [9.17, 15) is 9.18 Å². The quantitative estimate of drug-likeness (QED) is 0.900. The Hall–Kier alpha value is -1.33. The highest BCUT2D eigenvalue weighted by molar-refractivity contribution is 5.94. The molecule has 116 valence electrons. The van der Waals surface area contributed by atoms with Gasteiger partial charge in [0.25, 0.3) is 5.91 Å². The van der Waals surface area contributed by atoms with Gasteiger partial charge in [0, 0.05) is 23.7 Å². The summed E-state index contributed by atoms with van der Waals surface area (Å²) in [6, 6.07) is 5.53. The topological polar surface area (TPSA) is 50.4 Å². The first-order valence-electron chi connectivity index (χ1n) is 7.06. The van der Waals surface area contributed by atoms with E-state index in [2.05, 4.69) is 10.6 Å². The molecule has 2 fully saturated rings. The van der Waals surface area contributed by atoms with E-state index < -0.39 is 5.82 Å². The van der Waals surface area contributed by atoms with Crippen molar-refractivity contribution in [3.05, 3.63) is 29.6 Å². The lowest BCUT2D eigenvalue weighted by molar-refractivity contribution is 0.0923. The third-order valence-corrected chi connectivity index (χ3v) is 4.22. The van der Waals surface area contributed by atoms with Gasteiger partial charge in [0.15, 0.2) is 11.6 Å². The van der Waals surface area contributed by atoms with Crippen molar-refractivity contribution in [2.45, 2.75) is 43.8 Å². The fourth-order valence-electron chi connectivity index (χ4n) is 3.25. The Bertz CT molecular complexity index is 514. The zero-order valence-electron chi connectivity index (χ0n) is 11.9. The van der Waals surface area contributed by atoms with Crippen LogP contribution >= 0.6 is 12.4 Å². The van der Waals surface area contributed by atoms with Gasteiger partial charge in [0.2, 0.25) is 0 Å². The molecule has 1 aromatic carbocycles. The normalized spacial score (nSPS) is 26.9. The van der Waals surface area contributed by atoms with Crippen LogP contribution in [0.15, 0.2) is 18.2 Å². The molecule has 2 N–H and O–H groups in total. The largest absolute Gasteiger partial charge is 0.494 e. The summed E-state index contributed by atoms with van der Waals surface area (Å²) in [5.74, 6) is -0.565. The number of hydrogen-bond acceptors (Lipinski definition) is 3. The van der Waals surface area contributed by atoms with Gasteiger partial charge in [0.05, 0.1) is 7.11 Å². The van der Waals surface area contributed by atoms with Gasteiger partial charge >= 0.3 is 0 Å². The number of methoxy groups -OCH3 is 1. The number of amides is 1. The van der Waals surface area contributed by atoms with Crippen molar-refractivity contribution < 1.29 is 13.9 Å². The van der Waals surface area contributed by atoms with Crippen molar-refractivity contribution in [1.29, 1.82) is 0 Å². The van der Waals surface area contributed by atoms with E-state index >= 15 is 0 Å². The number of rotatable bonds is 3. The molecular weight excluding hydrogens is 295 g/mol. The van der Waals surface area contributed by atoms with Gasteiger partial charge < -0.3 is 15.4 Å². The number of nitrogens with one attached hydrogen (secondary N) is 2. The maximum Gasteiger partial charge on any atom is 0.251 e. The molecule has 0 spiro atoms. The Morgan fingerprint density at radius 1 is 1.33 bits per heavy atom. The summed E-state index contributed by atoms with van der Waals surface area (Å²) in [4.78, 5) is 12.2. The zero-order chi connectivity index (χ0) is 14.1. The average molecular weight is 315 g/mol. The Morgan fingerprint density at radius 3 is 2.57 bits per heavy atom. The number of hydrogen-bond donors (Lipinski definition) is 2. The second-order valence-corrected chi connectivity index (χ2v) is 5.63. The first-order valence-corrected chi connectivity index (χ1v) is 7.06. The van der Waals surface area contributed by atoms with Crippen LogP contribution in [0.25, 0.3) is 0 Å². The molecule has 2 aliphatic rings. The minimum Gasteiger partial charge on any atom is -0.494 e. The third kappa shape index (κ3) is 3.47. The summed E-state index contributed by atoms with van der Waals surface area (Å²) in [5.41, 5.74) is 0.342. The summed E-state index contributed by atoms with van der Waals surface area (Å²) in [5, 5.41) is 6.54. The van der Waals surface area contributed by atoms with Gasteiger partial charge in [-0.15, -0.1) is 12.4 Å². The molecular formula is C15H20ClFN2O2. The number of ether oxygens (including phenoxy) is 1. The van der Waals surface area contributed by atoms with Crippen LogP contribution in [0.1, 0.15) is 36.0 Å². The Balaban J connectivity index is 0.00000161. The lowest BCUT2D eigenvalue weighted by Crippen LogP contribution is -2.48. The van der Waals surface area contributed by atoms with Crippen LogP contribution in [0.2, 0.25) is 0 Å². The monoisotopic (exact) mass is 314 g/mol. The van der Waals surface area contributed by atoms with Gasteiger partial charge in [-0.3, -0.25) is 4.79 Å². The molecule has 21 heavy (non-hydrogen) atoms. The van der Waals surface area contributed by atoms with Crippen molar-refractivity contribution in [2.75, 3.05) is 7.11 Å². The van der Waals surface area contributed by atoms with Crippen LogP contribution in [0.3, 0.4) is 0 Å². The minimum absolute atomic E-state index is 0. The minimum atomic E-state index is -0.509. The standard InChI is InChI=1S/C15H19FN2O2.ClH/c1-20-14-5-2-9(6-13(14)16)15(19)18-12-7-10-3-4-11(8-12)17-10;/h2,5-6,10-12,17H,3-4,7-8H2,1H3,(H,18,19);1H. The molecule has 2 saturated heterocycles. The Labute approximate surface area is 129 Å². The lowest BCUT2D eigenvalue weighted by atomic mass is 9.99. The summed E-state index contributed by atoms with van der Waals surface area (Å²) >= 11 is 0. The van der Waals surface area contributed by atoms with Gasteiger partial charge in [-0.25, -0.2) is 4.39 Å². The molecule has 0 radical (unpaired) electrons. The van der Waals surface area contributed by atoms with Crippen LogP contribution in [-0.4, -0.2) is 31.1 Å². The number of piperidine rings is 1. The van der Waals surface area contributed by atoms with Crippen molar-refractivity contribution in [1.82, 2.24) is 10.6 Å². The van der Waals surface area contributed by atoms with Crippen LogP contribution in [0.5, 0.6) is 5.75 Å². The maximum absolute atomic E-state index is 13.6. The number of carbonyl (C=O) groups is 1. The molecule has 2 heterocycles. The van der Waals surface area contributed by atoms with Crippen LogP contribution in [0, 0.1) is 5.82 Å². The number of fused-ring (bicyclic) bond motifs is 2. The first kappa shape index (κ1) is 16.0. The van der Waals surface area contributed by atoms with E-state index in [4.69, 9.17) is 4.74 Å². The molecule has 0 aliphatic carbocycles. The van der Waals surface area contributed by atoms with E-state index in [1.54, 1.807) is 6.07 Å². The Kier molecular flexibility index (Phi) is 5.06. The van der Waals surface area contributed by atoms with E-state index in [0.717, 1.165) is 12.8 Å². The fraction of sp³-hybridized carbons (Fsp3) is 0.533. The summed E-state index contributed by atoms with van der Waals surface area (Å²) < 4.78 is 18.5. The molecule has 2 bridgehead atoms. The van der Waals surface area contributed by atoms with Crippen LogP contribution < -0.4 is 15.4 Å². The zero-order valence-corrected chi connectivity index (χ0v) is 12.7. The predicted molar refractivity (Wildman–Crippen MR) is 80.6 cm³/mol. The van der Waals surface area contributed by atoms with Crippen molar-refractivity contribution in [2.24, 2.45) is 0 Å². The summed E-state index contributed by atoms with van der Waals surface area (Å²) in [7, 11) is 1.41. The number of benzene rings is 1. The average Bonchev–Trinajstić information content (AvgIpc) is 2.77. The summed E-state index contributed by atoms with van der Waals surface area (Å²) in [6.45, 7) is 0. The molecule has 2 atom stereocenters. The smallest absolute Gasteiger partial charge is 0.251 e. The molecule has 0 aromatic heterocycles. The number of carbonyl (C=O) groups excluding carboxylic acids is 1. The van der Waals surface area contributed by atoms with Gasteiger partial charge in [-0.1, -0.05) is 0 Å². The van der Waals surface area contributed by atoms with E-state index in [0.29, 0.717) is 17.6 Å². The predicted octanol–water partition coefficient (Wildman–Crippen LogP) is 2.27. The van der Waals surface area contributed by atoms with Gasteiger partial charge in [-0.2, -0.15) is 0 Å². The molecule has 3 rings (SSSR count). The lowest BCUT2D eigenvalue weighted by Gasteiger charge is -2.29. The van der Waals surface area contributed by atoms with E-state index in [-0.39, 0.29) is 30.1 Å².